The van der Waals surface area contributed by atoms with E-state index in [-0.39, 0.29) is 0 Å². The van der Waals surface area contributed by atoms with Crippen LogP contribution in [0.25, 0.3) is 21.8 Å². The smallest absolute Gasteiger partial charge is 0.0893 e. The molecule has 1 aliphatic heterocycles. The summed E-state index contributed by atoms with van der Waals surface area (Å²) >= 11 is 4.74. The average molecular weight is 608 g/mol. The number of aromatic nitrogens is 1. The fraction of sp³-hybridized carbons (Fsp3) is 0.250. The predicted molar refractivity (Wildman–Crippen MR) is 138 cm³/mol. The molecular formula is C24H22I2N2O. The molecule has 1 aromatic heterocycles. The van der Waals surface area contributed by atoms with Gasteiger partial charge in [0.1, 0.15) is 0 Å². The Morgan fingerprint density at radius 2 is 1.55 bits per heavy atom. The molecular weight excluding hydrogens is 586 g/mol. The number of benzene rings is 3. The third-order valence-electron chi connectivity index (χ3n) is 5.94. The lowest BCUT2D eigenvalue weighted by molar-refractivity contribution is 0.160. The van der Waals surface area contributed by atoms with Crippen LogP contribution in [0.3, 0.4) is 0 Å². The van der Waals surface area contributed by atoms with Crippen LogP contribution in [0, 0.1) is 7.14 Å². The second-order valence-corrected chi connectivity index (χ2v) is 10.4. The summed E-state index contributed by atoms with van der Waals surface area (Å²) < 4.78 is 4.75. The van der Waals surface area contributed by atoms with Gasteiger partial charge >= 0.3 is 0 Å². The molecule has 4 aromatic rings. The molecule has 1 aliphatic rings. The van der Waals surface area contributed by atoms with E-state index in [0.29, 0.717) is 19.1 Å². The lowest BCUT2D eigenvalue weighted by Gasteiger charge is -2.28. The maximum absolute atomic E-state index is 11.1. The number of hydrogen-bond acceptors (Lipinski definition) is 2. The molecule has 3 aromatic carbocycles. The van der Waals surface area contributed by atoms with Gasteiger partial charge < -0.3 is 14.6 Å². The monoisotopic (exact) mass is 608 g/mol. The summed E-state index contributed by atoms with van der Waals surface area (Å²) in [6, 6.07) is 22.1. The zero-order valence-corrected chi connectivity index (χ0v) is 20.5. The topological polar surface area (TPSA) is 28.4 Å². The zero-order valence-electron chi connectivity index (χ0n) is 16.1. The number of nitrogens with zero attached hydrogens (tertiary/aromatic N) is 2. The molecule has 2 heterocycles. The van der Waals surface area contributed by atoms with Gasteiger partial charge in [0.15, 0.2) is 0 Å². The van der Waals surface area contributed by atoms with Crippen LogP contribution in [0.15, 0.2) is 60.7 Å². The molecule has 1 N–H and O–H groups in total. The molecule has 0 unspecified atom stereocenters. The second kappa shape index (κ2) is 7.74. The SMILES string of the molecule is C[C@@H]1Cc2ccccc2N1C[C@H](O)Cn1c2ccc(I)cc2c2cc(I)ccc21. The Hall–Kier alpha value is -1.32. The van der Waals surface area contributed by atoms with Crippen LogP contribution in [-0.4, -0.2) is 28.4 Å². The van der Waals surface area contributed by atoms with E-state index in [1.165, 1.54) is 40.2 Å². The van der Waals surface area contributed by atoms with Crippen molar-refractivity contribution in [2.45, 2.75) is 32.0 Å². The van der Waals surface area contributed by atoms with Crippen molar-refractivity contribution in [3.8, 4) is 0 Å². The number of halogens is 2. The number of hydrogen-bond donors (Lipinski definition) is 1. The van der Waals surface area contributed by atoms with E-state index in [2.05, 4.69) is 122 Å². The minimum atomic E-state index is -0.444. The Kier molecular flexibility index (Phi) is 5.24. The third-order valence-corrected chi connectivity index (χ3v) is 7.28. The molecule has 0 fully saturated rings. The summed E-state index contributed by atoms with van der Waals surface area (Å²) in [6.45, 7) is 3.48. The maximum Gasteiger partial charge on any atom is 0.0893 e. The van der Waals surface area contributed by atoms with Gasteiger partial charge in [-0.05, 0) is 107 Å². The minimum Gasteiger partial charge on any atom is -0.389 e. The first kappa shape index (κ1) is 19.6. The summed E-state index contributed by atoms with van der Waals surface area (Å²) in [6.07, 6.45) is 0.607. The van der Waals surface area contributed by atoms with Gasteiger partial charge in [-0.15, -0.1) is 0 Å². The van der Waals surface area contributed by atoms with Gasteiger partial charge in [0, 0.05) is 47.2 Å². The van der Waals surface area contributed by atoms with Gasteiger partial charge in [-0.2, -0.15) is 0 Å². The maximum atomic E-state index is 11.1. The van der Waals surface area contributed by atoms with E-state index in [0.717, 1.165) is 6.42 Å². The first-order chi connectivity index (χ1) is 14.0. The number of fused-ring (bicyclic) bond motifs is 4. The van der Waals surface area contributed by atoms with Crippen LogP contribution >= 0.6 is 45.2 Å². The van der Waals surface area contributed by atoms with E-state index in [4.69, 9.17) is 0 Å². The van der Waals surface area contributed by atoms with Crippen molar-refractivity contribution in [1.82, 2.24) is 4.57 Å². The average Bonchev–Trinajstić information content (AvgIpc) is 3.16. The van der Waals surface area contributed by atoms with Gasteiger partial charge in [-0.1, -0.05) is 18.2 Å². The highest BCUT2D eigenvalue weighted by atomic mass is 127. The van der Waals surface area contributed by atoms with Crippen molar-refractivity contribution < 1.29 is 5.11 Å². The summed E-state index contributed by atoms with van der Waals surface area (Å²) in [5.41, 5.74) is 5.03. The Labute approximate surface area is 198 Å². The van der Waals surface area contributed by atoms with Crippen LogP contribution in [-0.2, 0) is 13.0 Å². The van der Waals surface area contributed by atoms with Crippen LogP contribution in [0.5, 0.6) is 0 Å². The van der Waals surface area contributed by atoms with Crippen molar-refractivity contribution in [1.29, 1.82) is 0 Å². The lowest BCUT2D eigenvalue weighted by Crippen LogP contribution is -2.38. The number of β-amino-alcohol motifs (C(OH)–C–C–N with tert-alkyl or cyclic N) is 1. The van der Waals surface area contributed by atoms with Crippen LogP contribution in [0.2, 0.25) is 0 Å². The summed E-state index contributed by atoms with van der Waals surface area (Å²) in [4.78, 5) is 2.36. The molecule has 0 saturated carbocycles. The van der Waals surface area contributed by atoms with Crippen LogP contribution in [0.1, 0.15) is 12.5 Å². The van der Waals surface area contributed by atoms with Gasteiger partial charge in [-0.25, -0.2) is 0 Å². The fourth-order valence-electron chi connectivity index (χ4n) is 4.65. The minimum absolute atomic E-state index is 0.420. The molecule has 0 amide bonds. The number of rotatable bonds is 4. The normalized spacial score (nSPS) is 17.2. The Bertz CT molecular complexity index is 1160. The summed E-state index contributed by atoms with van der Waals surface area (Å²) in [7, 11) is 0. The second-order valence-electron chi connectivity index (χ2n) is 7.92. The highest BCUT2D eigenvalue weighted by molar-refractivity contribution is 14.1. The van der Waals surface area contributed by atoms with E-state index in [9.17, 15) is 5.11 Å². The first-order valence-corrected chi connectivity index (χ1v) is 12.1. The number of aliphatic hydroxyl groups excluding tert-OH is 1. The molecule has 148 valence electrons. The fourth-order valence-corrected chi connectivity index (χ4v) is 5.63. The Balaban J connectivity index is 1.50. The molecule has 0 radical (unpaired) electrons. The first-order valence-electron chi connectivity index (χ1n) is 9.91. The quantitative estimate of drug-likeness (QED) is 0.296. The third kappa shape index (κ3) is 3.55. The number of aliphatic hydroxyl groups is 1. The van der Waals surface area contributed by atoms with Crippen LogP contribution < -0.4 is 4.90 Å². The largest absolute Gasteiger partial charge is 0.389 e. The van der Waals surface area contributed by atoms with Crippen molar-refractivity contribution >= 4 is 72.7 Å². The highest BCUT2D eigenvalue weighted by Gasteiger charge is 2.27. The van der Waals surface area contributed by atoms with Gasteiger partial charge in [0.25, 0.3) is 0 Å². The van der Waals surface area contributed by atoms with Crippen molar-refractivity contribution in [2.75, 3.05) is 11.4 Å². The molecule has 0 bridgehead atoms. The molecule has 3 nitrogen and oxygen atoms in total. The highest BCUT2D eigenvalue weighted by Crippen LogP contribution is 2.34. The molecule has 5 rings (SSSR count). The van der Waals surface area contributed by atoms with Gasteiger partial charge in [0.2, 0.25) is 0 Å². The Morgan fingerprint density at radius 1 is 0.931 bits per heavy atom. The molecule has 0 aliphatic carbocycles. The predicted octanol–water partition coefficient (Wildman–Crippen LogP) is 5.82. The molecule has 0 spiro atoms. The molecule has 5 heteroatoms. The standard InChI is InChI=1S/C24H22I2N2O/c1-15-10-16-4-2-3-5-22(16)27(15)13-19(29)14-28-23-8-6-17(25)11-20(23)21-12-18(26)7-9-24(21)28/h2-9,11-12,15,19,29H,10,13-14H2,1H3/t15-,19+/m1/s1. The van der Waals surface area contributed by atoms with E-state index >= 15 is 0 Å². The van der Waals surface area contributed by atoms with Gasteiger partial charge in [0.05, 0.1) is 12.6 Å². The molecule has 29 heavy (non-hydrogen) atoms. The zero-order chi connectivity index (χ0) is 20.1. The molecule has 2 atom stereocenters. The number of para-hydroxylation sites is 1. The van der Waals surface area contributed by atoms with Crippen molar-refractivity contribution in [2.24, 2.45) is 0 Å². The lowest BCUT2D eigenvalue weighted by atomic mass is 10.1. The summed E-state index contributed by atoms with van der Waals surface area (Å²) in [5.74, 6) is 0. The Morgan fingerprint density at radius 3 is 2.21 bits per heavy atom. The van der Waals surface area contributed by atoms with Crippen molar-refractivity contribution in [3.63, 3.8) is 0 Å². The van der Waals surface area contributed by atoms with Crippen molar-refractivity contribution in [3.05, 3.63) is 73.4 Å². The van der Waals surface area contributed by atoms with E-state index < -0.39 is 6.10 Å². The van der Waals surface area contributed by atoms with E-state index in [1.807, 2.05) is 0 Å². The summed E-state index contributed by atoms with van der Waals surface area (Å²) in [5, 5.41) is 13.6. The van der Waals surface area contributed by atoms with E-state index in [1.54, 1.807) is 0 Å². The van der Waals surface area contributed by atoms with Crippen LogP contribution in [0.4, 0.5) is 5.69 Å². The number of anilines is 1. The van der Waals surface area contributed by atoms with Gasteiger partial charge in [-0.3, -0.25) is 0 Å². The molecule has 0 saturated heterocycles.